The van der Waals surface area contributed by atoms with Crippen molar-refractivity contribution in [2.75, 3.05) is 6.54 Å². The molecule has 1 saturated carbocycles. The van der Waals surface area contributed by atoms with E-state index in [1.165, 1.54) is 6.42 Å². The van der Waals surface area contributed by atoms with Crippen LogP contribution in [0.2, 0.25) is 0 Å². The van der Waals surface area contributed by atoms with Crippen LogP contribution in [0.3, 0.4) is 0 Å². The highest BCUT2D eigenvalue weighted by molar-refractivity contribution is 5.12. The Labute approximate surface area is 110 Å². The van der Waals surface area contributed by atoms with Crippen molar-refractivity contribution in [2.24, 2.45) is 17.6 Å². The van der Waals surface area contributed by atoms with Crippen molar-refractivity contribution in [2.45, 2.75) is 45.3 Å². The molecule has 0 saturated heterocycles. The molecule has 0 radical (unpaired) electrons. The van der Waals surface area contributed by atoms with Crippen molar-refractivity contribution in [3.8, 4) is 0 Å². The zero-order valence-corrected chi connectivity index (χ0v) is 11.4. The first-order valence-electron chi connectivity index (χ1n) is 6.94. The Balaban J connectivity index is 1.98. The molecule has 100 valence electrons. The molecule has 1 heterocycles. The minimum absolute atomic E-state index is 0.0128. The molecule has 1 aliphatic carbocycles. The number of aromatic nitrogens is 1. The second-order valence-corrected chi connectivity index (χ2v) is 5.69. The third kappa shape index (κ3) is 3.53. The third-order valence-electron chi connectivity index (χ3n) is 3.76. The van der Waals surface area contributed by atoms with Gasteiger partial charge in [-0.2, -0.15) is 0 Å². The van der Waals surface area contributed by atoms with Crippen molar-refractivity contribution < 1.29 is 4.74 Å². The molecule has 3 heteroatoms. The molecule has 3 nitrogen and oxygen atoms in total. The summed E-state index contributed by atoms with van der Waals surface area (Å²) in [6.07, 6.45) is 7.59. The third-order valence-corrected chi connectivity index (χ3v) is 3.76. The van der Waals surface area contributed by atoms with Crippen LogP contribution in [0.5, 0.6) is 0 Å². The zero-order chi connectivity index (χ0) is 13.0. The summed E-state index contributed by atoms with van der Waals surface area (Å²) < 4.78 is 6.20. The first-order chi connectivity index (χ1) is 8.69. The van der Waals surface area contributed by atoms with E-state index >= 15 is 0 Å². The molecular formula is C15H24N2O. The van der Waals surface area contributed by atoms with E-state index in [-0.39, 0.29) is 6.10 Å². The van der Waals surface area contributed by atoms with Gasteiger partial charge in [-0.25, -0.2) is 0 Å². The van der Waals surface area contributed by atoms with Crippen LogP contribution in [0.4, 0.5) is 0 Å². The van der Waals surface area contributed by atoms with Gasteiger partial charge < -0.3 is 10.5 Å². The van der Waals surface area contributed by atoms with Crippen LogP contribution < -0.4 is 5.73 Å². The van der Waals surface area contributed by atoms with Gasteiger partial charge in [-0.05, 0) is 37.2 Å². The zero-order valence-electron chi connectivity index (χ0n) is 11.4. The number of hydrogen-bond acceptors (Lipinski definition) is 3. The molecule has 0 aliphatic heterocycles. The lowest BCUT2D eigenvalue weighted by Gasteiger charge is -2.33. The number of nitrogens with two attached hydrogens (primary N) is 1. The van der Waals surface area contributed by atoms with Gasteiger partial charge in [0.2, 0.25) is 0 Å². The molecule has 18 heavy (non-hydrogen) atoms. The van der Waals surface area contributed by atoms with Gasteiger partial charge in [-0.15, -0.1) is 0 Å². The van der Waals surface area contributed by atoms with Crippen LogP contribution in [0, 0.1) is 11.8 Å². The Hall–Kier alpha value is -0.930. The molecule has 3 unspecified atom stereocenters. The Kier molecular flexibility index (Phi) is 4.72. The largest absolute Gasteiger partial charge is 0.369 e. The summed E-state index contributed by atoms with van der Waals surface area (Å²) >= 11 is 0. The summed E-state index contributed by atoms with van der Waals surface area (Å²) in [5.74, 6) is 1.51. The van der Waals surface area contributed by atoms with E-state index in [1.54, 1.807) is 6.20 Å². The molecular weight excluding hydrogens is 224 g/mol. The molecule has 2 rings (SSSR count). The van der Waals surface area contributed by atoms with Gasteiger partial charge in [0.1, 0.15) is 0 Å². The number of pyridine rings is 1. The van der Waals surface area contributed by atoms with E-state index < -0.39 is 0 Å². The topological polar surface area (TPSA) is 48.1 Å². The second-order valence-electron chi connectivity index (χ2n) is 5.69. The van der Waals surface area contributed by atoms with Gasteiger partial charge in [0.25, 0.3) is 0 Å². The maximum absolute atomic E-state index is 6.20. The standard InChI is InChI=1S/C15H24N2O/c1-11-6-12(2)8-14(7-11)18-15(9-16)13-4-3-5-17-10-13/h3-5,10-12,14-15H,6-9,16H2,1-2H3. The van der Waals surface area contributed by atoms with Gasteiger partial charge >= 0.3 is 0 Å². The Bertz CT molecular complexity index is 345. The fourth-order valence-electron chi connectivity index (χ4n) is 3.05. The molecule has 0 bridgehead atoms. The number of nitrogens with zero attached hydrogens (tertiary/aromatic N) is 1. The van der Waals surface area contributed by atoms with Gasteiger partial charge in [0.05, 0.1) is 12.2 Å². The summed E-state index contributed by atoms with van der Waals surface area (Å²) in [6.45, 7) is 5.14. The SMILES string of the molecule is CC1CC(C)CC(OC(CN)c2cccnc2)C1. The lowest BCUT2D eigenvalue weighted by molar-refractivity contribution is -0.0467. The average molecular weight is 248 g/mol. The van der Waals surface area contributed by atoms with E-state index in [2.05, 4.69) is 18.8 Å². The molecule has 3 atom stereocenters. The molecule has 1 aromatic rings. The Morgan fingerprint density at radius 1 is 1.33 bits per heavy atom. The van der Waals surface area contributed by atoms with E-state index in [0.29, 0.717) is 12.6 Å². The van der Waals surface area contributed by atoms with Crippen LogP contribution in [0.15, 0.2) is 24.5 Å². The van der Waals surface area contributed by atoms with Crippen molar-refractivity contribution in [3.63, 3.8) is 0 Å². The number of rotatable bonds is 4. The van der Waals surface area contributed by atoms with Crippen molar-refractivity contribution in [1.29, 1.82) is 0 Å². The van der Waals surface area contributed by atoms with Crippen molar-refractivity contribution in [1.82, 2.24) is 4.98 Å². The minimum atomic E-state index is -0.0128. The van der Waals surface area contributed by atoms with Gasteiger partial charge in [0.15, 0.2) is 0 Å². The van der Waals surface area contributed by atoms with E-state index in [0.717, 1.165) is 30.2 Å². The highest BCUT2D eigenvalue weighted by atomic mass is 16.5. The van der Waals surface area contributed by atoms with Gasteiger partial charge in [0, 0.05) is 24.5 Å². The van der Waals surface area contributed by atoms with Crippen LogP contribution in [0.25, 0.3) is 0 Å². The fourth-order valence-corrected chi connectivity index (χ4v) is 3.05. The van der Waals surface area contributed by atoms with Gasteiger partial charge in [-0.3, -0.25) is 4.98 Å². The molecule has 1 fully saturated rings. The smallest absolute Gasteiger partial charge is 0.0965 e. The van der Waals surface area contributed by atoms with Crippen LogP contribution in [-0.4, -0.2) is 17.6 Å². The Morgan fingerprint density at radius 2 is 2.06 bits per heavy atom. The number of hydrogen-bond donors (Lipinski definition) is 1. The van der Waals surface area contributed by atoms with Crippen molar-refractivity contribution in [3.05, 3.63) is 30.1 Å². The van der Waals surface area contributed by atoms with Crippen molar-refractivity contribution >= 4 is 0 Å². The average Bonchev–Trinajstić information content (AvgIpc) is 2.36. The summed E-state index contributed by atoms with van der Waals surface area (Å²) in [5.41, 5.74) is 6.93. The monoisotopic (exact) mass is 248 g/mol. The lowest BCUT2D eigenvalue weighted by Crippen LogP contribution is -2.30. The highest BCUT2D eigenvalue weighted by Crippen LogP contribution is 2.32. The molecule has 0 spiro atoms. The fraction of sp³-hybridized carbons (Fsp3) is 0.667. The maximum Gasteiger partial charge on any atom is 0.0965 e. The predicted octanol–water partition coefficient (Wildman–Crippen LogP) is 2.92. The van der Waals surface area contributed by atoms with E-state index in [9.17, 15) is 0 Å². The summed E-state index contributed by atoms with van der Waals surface area (Å²) in [5, 5.41) is 0. The molecule has 2 N–H and O–H groups in total. The van der Waals surface area contributed by atoms with Crippen LogP contribution in [-0.2, 0) is 4.74 Å². The predicted molar refractivity (Wildman–Crippen MR) is 73.1 cm³/mol. The molecule has 1 aliphatic rings. The molecule has 1 aromatic heterocycles. The highest BCUT2D eigenvalue weighted by Gasteiger charge is 2.26. The maximum atomic E-state index is 6.20. The second kappa shape index (κ2) is 6.30. The van der Waals surface area contributed by atoms with Crippen LogP contribution >= 0.6 is 0 Å². The normalized spacial score (nSPS) is 30.1. The quantitative estimate of drug-likeness (QED) is 0.891. The summed E-state index contributed by atoms with van der Waals surface area (Å²) in [4.78, 5) is 4.14. The lowest BCUT2D eigenvalue weighted by atomic mass is 9.81. The summed E-state index contributed by atoms with van der Waals surface area (Å²) in [6, 6.07) is 3.98. The van der Waals surface area contributed by atoms with E-state index in [1.807, 2.05) is 18.3 Å². The van der Waals surface area contributed by atoms with E-state index in [4.69, 9.17) is 10.5 Å². The molecule has 0 amide bonds. The summed E-state index contributed by atoms with van der Waals surface area (Å²) in [7, 11) is 0. The molecule has 0 aromatic carbocycles. The number of ether oxygens (including phenoxy) is 1. The van der Waals surface area contributed by atoms with Crippen LogP contribution in [0.1, 0.15) is 44.8 Å². The minimum Gasteiger partial charge on any atom is -0.369 e. The first-order valence-corrected chi connectivity index (χ1v) is 6.94. The van der Waals surface area contributed by atoms with Gasteiger partial charge in [-0.1, -0.05) is 19.9 Å². The Morgan fingerprint density at radius 3 is 2.61 bits per heavy atom. The first kappa shape index (κ1) is 13.5.